The van der Waals surface area contributed by atoms with Crippen molar-refractivity contribution in [2.45, 2.75) is 31.8 Å². The minimum atomic E-state index is -0.0731. The van der Waals surface area contributed by atoms with Crippen LogP contribution in [0.1, 0.15) is 40.4 Å². The first-order valence-corrected chi connectivity index (χ1v) is 11.3. The number of anilines is 1. The molecular formula is C23H27N3O2S. The summed E-state index contributed by atoms with van der Waals surface area (Å²) in [5.74, 6) is 1.91. The average Bonchev–Trinajstić information content (AvgIpc) is 3.53. The van der Waals surface area contributed by atoms with E-state index in [0.717, 1.165) is 30.9 Å². The van der Waals surface area contributed by atoms with Gasteiger partial charge in [0, 0.05) is 41.4 Å². The van der Waals surface area contributed by atoms with E-state index >= 15 is 0 Å². The van der Waals surface area contributed by atoms with Crippen LogP contribution in [-0.4, -0.2) is 47.4 Å². The zero-order chi connectivity index (χ0) is 20.2. The van der Waals surface area contributed by atoms with Crippen LogP contribution in [0.5, 0.6) is 0 Å². The number of carbonyl (C=O) groups is 2. The van der Waals surface area contributed by atoms with Crippen molar-refractivity contribution in [1.29, 1.82) is 0 Å². The van der Waals surface area contributed by atoms with Crippen molar-refractivity contribution in [3.05, 3.63) is 65.2 Å². The van der Waals surface area contributed by atoms with Gasteiger partial charge in [-0.15, -0.1) is 0 Å². The molecule has 1 atom stereocenters. The van der Waals surface area contributed by atoms with Gasteiger partial charge in [-0.05, 0) is 43.5 Å². The fourth-order valence-corrected chi connectivity index (χ4v) is 4.70. The number of hydrogen-bond acceptors (Lipinski definition) is 4. The van der Waals surface area contributed by atoms with Crippen molar-refractivity contribution >= 4 is 29.3 Å². The molecule has 5 nitrogen and oxygen atoms in total. The number of benzene rings is 2. The Kier molecular flexibility index (Phi) is 6.21. The lowest BCUT2D eigenvalue weighted by atomic mass is 10.0. The van der Waals surface area contributed by atoms with Gasteiger partial charge in [0.25, 0.3) is 5.91 Å². The van der Waals surface area contributed by atoms with Crippen LogP contribution in [0, 0.1) is 6.92 Å². The van der Waals surface area contributed by atoms with Crippen LogP contribution in [-0.2, 0) is 4.79 Å². The van der Waals surface area contributed by atoms with Gasteiger partial charge in [-0.25, -0.2) is 0 Å². The van der Waals surface area contributed by atoms with Gasteiger partial charge in [0.1, 0.15) is 0 Å². The Bertz CT molecular complexity index is 880. The van der Waals surface area contributed by atoms with Gasteiger partial charge in [-0.3, -0.25) is 14.5 Å². The van der Waals surface area contributed by atoms with Gasteiger partial charge in [0.15, 0.2) is 0 Å². The SMILES string of the molecule is Cc1ccc(C2CSCCN2CC(=O)Nc2cccc(C(=O)NC3CC3)c2)cc1. The summed E-state index contributed by atoms with van der Waals surface area (Å²) in [4.78, 5) is 27.2. The highest BCUT2D eigenvalue weighted by Gasteiger charge is 2.26. The second-order valence-corrected chi connectivity index (χ2v) is 9.00. The van der Waals surface area contributed by atoms with E-state index in [2.05, 4.69) is 46.7 Å². The van der Waals surface area contributed by atoms with Gasteiger partial charge < -0.3 is 10.6 Å². The van der Waals surface area contributed by atoms with Crippen LogP contribution in [0.25, 0.3) is 0 Å². The third-order valence-corrected chi connectivity index (χ3v) is 6.39. The molecule has 1 saturated carbocycles. The first-order valence-electron chi connectivity index (χ1n) is 10.2. The van der Waals surface area contributed by atoms with E-state index in [1.165, 1.54) is 11.1 Å². The predicted molar refractivity (Wildman–Crippen MR) is 118 cm³/mol. The smallest absolute Gasteiger partial charge is 0.251 e. The monoisotopic (exact) mass is 409 g/mol. The maximum absolute atomic E-state index is 12.7. The van der Waals surface area contributed by atoms with Crippen molar-refractivity contribution in [1.82, 2.24) is 10.2 Å². The molecule has 29 heavy (non-hydrogen) atoms. The molecule has 1 unspecified atom stereocenters. The van der Waals surface area contributed by atoms with Crippen LogP contribution in [0.3, 0.4) is 0 Å². The lowest BCUT2D eigenvalue weighted by Crippen LogP contribution is -2.41. The lowest BCUT2D eigenvalue weighted by Gasteiger charge is -2.35. The van der Waals surface area contributed by atoms with Gasteiger partial charge in [-0.2, -0.15) is 11.8 Å². The highest BCUT2D eigenvalue weighted by molar-refractivity contribution is 7.99. The number of carbonyl (C=O) groups excluding carboxylic acids is 2. The van der Waals surface area contributed by atoms with E-state index < -0.39 is 0 Å². The van der Waals surface area contributed by atoms with Crippen LogP contribution in [0.4, 0.5) is 5.69 Å². The quantitative estimate of drug-likeness (QED) is 0.765. The summed E-state index contributed by atoms with van der Waals surface area (Å²) >= 11 is 1.93. The molecule has 4 rings (SSSR count). The molecule has 0 bridgehead atoms. The number of amides is 2. The maximum atomic E-state index is 12.7. The van der Waals surface area contributed by atoms with Crippen LogP contribution < -0.4 is 10.6 Å². The molecule has 0 spiro atoms. The molecule has 1 aliphatic carbocycles. The molecule has 6 heteroatoms. The van der Waals surface area contributed by atoms with Crippen molar-refractivity contribution in [3.63, 3.8) is 0 Å². The van der Waals surface area contributed by atoms with Crippen LogP contribution in [0.2, 0.25) is 0 Å². The highest BCUT2D eigenvalue weighted by atomic mass is 32.2. The highest BCUT2D eigenvalue weighted by Crippen LogP contribution is 2.29. The first-order chi connectivity index (χ1) is 14.1. The number of aryl methyl sites for hydroxylation is 1. The molecule has 2 amide bonds. The third kappa shape index (κ3) is 5.40. The number of thioether (sulfide) groups is 1. The Balaban J connectivity index is 1.39. The Morgan fingerprint density at radius 2 is 1.93 bits per heavy atom. The van der Waals surface area contributed by atoms with Gasteiger partial charge in [0.2, 0.25) is 5.91 Å². The van der Waals surface area contributed by atoms with Gasteiger partial charge in [0.05, 0.1) is 6.54 Å². The molecule has 152 valence electrons. The molecule has 2 N–H and O–H groups in total. The zero-order valence-electron chi connectivity index (χ0n) is 16.7. The molecule has 2 aromatic carbocycles. The summed E-state index contributed by atoms with van der Waals surface area (Å²) in [7, 11) is 0. The van der Waals surface area contributed by atoms with Gasteiger partial charge in [-0.1, -0.05) is 35.9 Å². The maximum Gasteiger partial charge on any atom is 0.251 e. The minimum absolute atomic E-state index is 0.0474. The van der Waals surface area contributed by atoms with E-state index in [1.807, 2.05) is 23.9 Å². The van der Waals surface area contributed by atoms with E-state index in [0.29, 0.717) is 23.8 Å². The van der Waals surface area contributed by atoms with E-state index in [4.69, 9.17) is 0 Å². The Hall–Kier alpha value is -2.31. The van der Waals surface area contributed by atoms with E-state index in [1.54, 1.807) is 12.1 Å². The fraction of sp³-hybridized carbons (Fsp3) is 0.391. The van der Waals surface area contributed by atoms with Crippen LogP contribution >= 0.6 is 11.8 Å². The second kappa shape index (κ2) is 9.01. The van der Waals surface area contributed by atoms with Crippen molar-refractivity contribution in [3.8, 4) is 0 Å². The molecular weight excluding hydrogens is 382 g/mol. The molecule has 2 fully saturated rings. The average molecular weight is 410 g/mol. The van der Waals surface area contributed by atoms with Crippen molar-refractivity contribution in [2.24, 2.45) is 0 Å². The summed E-state index contributed by atoms with van der Waals surface area (Å²) in [6.07, 6.45) is 2.11. The predicted octanol–water partition coefficient (Wildman–Crippen LogP) is 3.62. The van der Waals surface area contributed by atoms with E-state index in [9.17, 15) is 9.59 Å². The molecule has 2 aliphatic rings. The summed E-state index contributed by atoms with van der Waals surface area (Å²) in [6, 6.07) is 16.3. The number of nitrogens with zero attached hydrogens (tertiary/aromatic N) is 1. The summed E-state index contributed by atoms with van der Waals surface area (Å²) in [5, 5.41) is 5.95. The Morgan fingerprint density at radius 1 is 1.14 bits per heavy atom. The Labute approximate surface area is 176 Å². The zero-order valence-corrected chi connectivity index (χ0v) is 17.5. The summed E-state index contributed by atoms with van der Waals surface area (Å²) in [5.41, 5.74) is 3.75. The van der Waals surface area contributed by atoms with Gasteiger partial charge >= 0.3 is 0 Å². The molecule has 1 aliphatic heterocycles. The standard InChI is InChI=1S/C23H27N3O2S/c1-16-5-7-17(8-6-16)21-15-29-12-11-26(21)14-22(27)24-20-4-2-3-18(13-20)23(28)25-19-9-10-19/h2-8,13,19,21H,9-12,14-15H2,1H3,(H,24,27)(H,25,28). The largest absolute Gasteiger partial charge is 0.349 e. The summed E-state index contributed by atoms with van der Waals surface area (Å²) < 4.78 is 0. The third-order valence-electron chi connectivity index (χ3n) is 5.37. The van der Waals surface area contributed by atoms with Crippen molar-refractivity contribution in [2.75, 3.05) is 29.9 Å². The number of rotatable bonds is 6. The topological polar surface area (TPSA) is 61.4 Å². The summed E-state index contributed by atoms with van der Waals surface area (Å²) in [6.45, 7) is 3.32. The second-order valence-electron chi connectivity index (χ2n) is 7.85. The molecule has 0 radical (unpaired) electrons. The van der Waals surface area contributed by atoms with E-state index in [-0.39, 0.29) is 17.9 Å². The normalized spacial score (nSPS) is 19.6. The number of nitrogens with one attached hydrogen (secondary N) is 2. The van der Waals surface area contributed by atoms with Crippen LogP contribution in [0.15, 0.2) is 48.5 Å². The first kappa shape index (κ1) is 20.0. The lowest BCUT2D eigenvalue weighted by molar-refractivity contribution is -0.117. The molecule has 1 saturated heterocycles. The molecule has 2 aromatic rings. The van der Waals surface area contributed by atoms with Crippen molar-refractivity contribution < 1.29 is 9.59 Å². The molecule has 0 aromatic heterocycles. The molecule has 1 heterocycles. The number of hydrogen-bond donors (Lipinski definition) is 2. The fourth-order valence-electron chi connectivity index (χ4n) is 3.54. The minimum Gasteiger partial charge on any atom is -0.349 e. The Morgan fingerprint density at radius 3 is 2.69 bits per heavy atom.